The van der Waals surface area contributed by atoms with Gasteiger partial charge in [-0.15, -0.1) is 0 Å². The van der Waals surface area contributed by atoms with Gasteiger partial charge in [0.25, 0.3) is 5.91 Å². The molecule has 178 valence electrons. The van der Waals surface area contributed by atoms with E-state index in [1.54, 1.807) is 30.3 Å². The third-order valence-corrected chi connectivity index (χ3v) is 5.58. The van der Waals surface area contributed by atoms with Gasteiger partial charge in [-0.1, -0.05) is 30.3 Å². The van der Waals surface area contributed by atoms with Crippen LogP contribution in [-0.2, 0) is 20.7 Å². The molecule has 8 heteroatoms. The molecule has 0 radical (unpaired) electrons. The van der Waals surface area contributed by atoms with Crippen LogP contribution in [0.15, 0.2) is 72.8 Å². The van der Waals surface area contributed by atoms with Crippen molar-refractivity contribution in [3.05, 3.63) is 89.7 Å². The number of methoxy groups -OCH3 is 1. The Bertz CT molecular complexity index is 1360. The molecule has 0 bridgehead atoms. The molecule has 1 aromatic heterocycles. The number of anilines is 1. The predicted molar refractivity (Wildman–Crippen MR) is 131 cm³/mol. The molecule has 7 nitrogen and oxygen atoms in total. The summed E-state index contributed by atoms with van der Waals surface area (Å²) in [7, 11) is 1.24. The van der Waals surface area contributed by atoms with Gasteiger partial charge in [-0.05, 0) is 60.0 Å². The lowest BCUT2D eigenvalue weighted by molar-refractivity contribution is -0.139. The number of carbonyl (C=O) groups excluding carboxylic acids is 3. The molecule has 0 saturated heterocycles. The Labute approximate surface area is 201 Å². The fraction of sp³-hybridized carbons (Fsp3) is 0.148. The zero-order valence-corrected chi connectivity index (χ0v) is 19.1. The van der Waals surface area contributed by atoms with Crippen LogP contribution in [0.5, 0.6) is 0 Å². The standard InChI is InChI=1S/C27H24FN3O4/c1-35-25(33)16-29-27(34)18-7-10-20(11-8-18)30-24(32)14-12-21-22-15-19(28)9-13-23(22)31-26(21)17-5-3-2-4-6-17/h2-11,13,15,31H,12,14,16H2,1H3,(H,29,34)(H,30,32). The molecule has 2 amide bonds. The molecule has 4 aromatic rings. The highest BCUT2D eigenvalue weighted by Gasteiger charge is 2.16. The maximum Gasteiger partial charge on any atom is 0.325 e. The summed E-state index contributed by atoms with van der Waals surface area (Å²) in [6.45, 7) is -0.226. The summed E-state index contributed by atoms with van der Waals surface area (Å²) in [4.78, 5) is 39.2. The van der Waals surface area contributed by atoms with E-state index in [4.69, 9.17) is 0 Å². The summed E-state index contributed by atoms with van der Waals surface area (Å²) in [5.41, 5.74) is 4.38. The minimum Gasteiger partial charge on any atom is -0.468 e. The van der Waals surface area contributed by atoms with Gasteiger partial charge in [0, 0.05) is 34.3 Å². The molecule has 0 unspecified atom stereocenters. The van der Waals surface area contributed by atoms with Gasteiger partial charge in [0.15, 0.2) is 0 Å². The lowest BCUT2D eigenvalue weighted by Crippen LogP contribution is -2.30. The monoisotopic (exact) mass is 473 g/mol. The topological polar surface area (TPSA) is 100 Å². The van der Waals surface area contributed by atoms with Crippen LogP contribution in [-0.4, -0.2) is 36.4 Å². The smallest absolute Gasteiger partial charge is 0.325 e. The fourth-order valence-electron chi connectivity index (χ4n) is 3.82. The minimum atomic E-state index is -0.546. The van der Waals surface area contributed by atoms with Gasteiger partial charge in [0.1, 0.15) is 12.4 Å². The summed E-state index contributed by atoms with van der Waals surface area (Å²) >= 11 is 0. The molecule has 35 heavy (non-hydrogen) atoms. The van der Waals surface area contributed by atoms with Crippen LogP contribution < -0.4 is 10.6 Å². The molecule has 4 rings (SSSR count). The van der Waals surface area contributed by atoms with Crippen molar-refractivity contribution in [3.63, 3.8) is 0 Å². The number of H-pyrrole nitrogens is 1. The largest absolute Gasteiger partial charge is 0.468 e. The van der Waals surface area contributed by atoms with E-state index in [1.165, 1.54) is 19.2 Å². The summed E-state index contributed by atoms with van der Waals surface area (Å²) in [6.07, 6.45) is 0.595. The molecule has 1 heterocycles. The number of nitrogens with one attached hydrogen (secondary N) is 3. The number of rotatable bonds is 8. The van der Waals surface area contributed by atoms with Crippen LogP contribution in [0.2, 0.25) is 0 Å². The van der Waals surface area contributed by atoms with Crippen molar-refractivity contribution in [1.82, 2.24) is 10.3 Å². The number of ether oxygens (including phenoxy) is 1. The highest BCUT2D eigenvalue weighted by Crippen LogP contribution is 2.32. The lowest BCUT2D eigenvalue weighted by atomic mass is 10.0. The zero-order valence-electron chi connectivity index (χ0n) is 19.1. The number of aromatic amines is 1. The van der Waals surface area contributed by atoms with Crippen LogP contribution in [0.3, 0.4) is 0 Å². The molecular formula is C27H24FN3O4. The second-order valence-corrected chi connectivity index (χ2v) is 7.92. The van der Waals surface area contributed by atoms with E-state index in [-0.39, 0.29) is 24.7 Å². The van der Waals surface area contributed by atoms with Crippen LogP contribution in [0, 0.1) is 5.82 Å². The number of amides is 2. The molecule has 0 aliphatic carbocycles. The molecule has 0 atom stereocenters. The van der Waals surface area contributed by atoms with Crippen LogP contribution >= 0.6 is 0 Å². The van der Waals surface area contributed by atoms with Gasteiger partial charge in [-0.25, -0.2) is 4.39 Å². The van der Waals surface area contributed by atoms with Crippen molar-refractivity contribution in [2.75, 3.05) is 19.0 Å². The fourth-order valence-corrected chi connectivity index (χ4v) is 3.82. The van der Waals surface area contributed by atoms with Crippen LogP contribution in [0.25, 0.3) is 22.2 Å². The van der Waals surface area contributed by atoms with Gasteiger partial charge in [-0.2, -0.15) is 0 Å². The number of hydrogen-bond donors (Lipinski definition) is 3. The van der Waals surface area contributed by atoms with Gasteiger partial charge in [0.05, 0.1) is 7.11 Å². The maximum atomic E-state index is 14.0. The first-order valence-corrected chi connectivity index (χ1v) is 11.0. The summed E-state index contributed by atoms with van der Waals surface area (Å²) < 4.78 is 18.5. The normalized spacial score (nSPS) is 10.7. The van der Waals surface area contributed by atoms with Crippen LogP contribution in [0.1, 0.15) is 22.3 Å². The Morgan fingerprint density at radius 2 is 1.71 bits per heavy atom. The first-order chi connectivity index (χ1) is 16.9. The van der Waals surface area contributed by atoms with E-state index >= 15 is 0 Å². The van der Waals surface area contributed by atoms with Gasteiger partial charge in [-0.3, -0.25) is 14.4 Å². The van der Waals surface area contributed by atoms with E-state index in [9.17, 15) is 18.8 Å². The summed E-state index contributed by atoms with van der Waals surface area (Å²) in [6, 6.07) is 20.6. The molecule has 0 aliphatic heterocycles. The predicted octanol–water partition coefficient (Wildman–Crippen LogP) is 4.45. The number of esters is 1. The Hall–Kier alpha value is -4.46. The average molecular weight is 474 g/mol. The number of carbonyl (C=O) groups is 3. The molecule has 0 fully saturated rings. The SMILES string of the molecule is COC(=O)CNC(=O)c1ccc(NC(=O)CCc2c(-c3ccccc3)[nH]c3ccc(F)cc23)cc1. The van der Waals surface area contributed by atoms with E-state index in [1.807, 2.05) is 30.3 Å². The van der Waals surface area contributed by atoms with Gasteiger partial charge < -0.3 is 20.4 Å². The second kappa shape index (κ2) is 10.6. The highest BCUT2D eigenvalue weighted by molar-refractivity contribution is 5.97. The first kappa shape index (κ1) is 23.7. The van der Waals surface area contributed by atoms with Crippen molar-refractivity contribution >= 4 is 34.4 Å². The number of hydrogen-bond acceptors (Lipinski definition) is 4. The maximum absolute atomic E-state index is 14.0. The number of aryl methyl sites for hydroxylation is 1. The van der Waals surface area contributed by atoms with Crippen molar-refractivity contribution in [2.45, 2.75) is 12.8 Å². The highest BCUT2D eigenvalue weighted by atomic mass is 19.1. The Morgan fingerprint density at radius 1 is 0.971 bits per heavy atom. The number of fused-ring (bicyclic) bond motifs is 1. The quantitative estimate of drug-likeness (QED) is 0.329. The van der Waals surface area contributed by atoms with Gasteiger partial charge in [0.2, 0.25) is 5.91 Å². The van der Waals surface area contributed by atoms with Crippen molar-refractivity contribution < 1.29 is 23.5 Å². The Balaban J connectivity index is 1.43. The molecule has 0 spiro atoms. The van der Waals surface area contributed by atoms with Crippen LogP contribution in [0.4, 0.5) is 10.1 Å². The van der Waals surface area contributed by atoms with Crippen molar-refractivity contribution in [2.24, 2.45) is 0 Å². The Morgan fingerprint density at radius 3 is 2.43 bits per heavy atom. The van der Waals surface area contributed by atoms with Crippen molar-refractivity contribution in [1.29, 1.82) is 0 Å². The third-order valence-electron chi connectivity index (χ3n) is 5.58. The summed E-state index contributed by atoms with van der Waals surface area (Å²) in [5, 5.41) is 6.02. The van der Waals surface area contributed by atoms with Gasteiger partial charge >= 0.3 is 5.97 Å². The van der Waals surface area contributed by atoms with E-state index in [0.717, 1.165) is 27.7 Å². The molecule has 0 saturated carbocycles. The van der Waals surface area contributed by atoms with Crippen molar-refractivity contribution in [3.8, 4) is 11.3 Å². The molecule has 0 aliphatic rings. The summed E-state index contributed by atoms with van der Waals surface area (Å²) in [5.74, 6) is -1.51. The molecule has 3 aromatic carbocycles. The molecule has 3 N–H and O–H groups in total. The zero-order chi connectivity index (χ0) is 24.8. The third kappa shape index (κ3) is 5.73. The van der Waals surface area contributed by atoms with E-state index < -0.39 is 11.9 Å². The second-order valence-electron chi connectivity index (χ2n) is 7.92. The van der Waals surface area contributed by atoms with E-state index in [0.29, 0.717) is 17.7 Å². The minimum absolute atomic E-state index is 0.185. The number of aromatic nitrogens is 1. The number of benzene rings is 3. The first-order valence-electron chi connectivity index (χ1n) is 11.0. The number of halogens is 1. The molecular weight excluding hydrogens is 449 g/mol. The lowest BCUT2D eigenvalue weighted by Gasteiger charge is -2.08. The van der Waals surface area contributed by atoms with E-state index in [2.05, 4.69) is 20.4 Å². The Kier molecular flexibility index (Phi) is 7.21. The average Bonchev–Trinajstić information content (AvgIpc) is 3.24.